The summed E-state index contributed by atoms with van der Waals surface area (Å²) in [6.07, 6.45) is 4.05. The van der Waals surface area contributed by atoms with E-state index in [4.69, 9.17) is 21.4 Å². The van der Waals surface area contributed by atoms with Crippen LogP contribution >= 0.6 is 11.6 Å². The smallest absolute Gasteiger partial charge is 0.254 e. The molecule has 0 atom stereocenters. The minimum atomic E-state index is -0.0110. The summed E-state index contributed by atoms with van der Waals surface area (Å²) in [4.78, 5) is 18.0. The summed E-state index contributed by atoms with van der Waals surface area (Å²) in [7, 11) is 0. The molecule has 110 valence electrons. The van der Waals surface area contributed by atoms with Crippen molar-refractivity contribution in [3.63, 3.8) is 0 Å². The largest absolute Gasteiger partial charge is 0.396 e. The average molecular weight is 299 g/mol. The minimum Gasteiger partial charge on any atom is -0.396 e. The van der Waals surface area contributed by atoms with E-state index in [9.17, 15) is 4.79 Å². The summed E-state index contributed by atoms with van der Waals surface area (Å²) in [5, 5.41) is 9.04. The van der Waals surface area contributed by atoms with Crippen LogP contribution in [0.25, 0.3) is 0 Å². The Balaban J connectivity index is 1.83. The fourth-order valence-corrected chi connectivity index (χ4v) is 2.43. The van der Waals surface area contributed by atoms with E-state index >= 15 is 0 Å². The van der Waals surface area contributed by atoms with Crippen LogP contribution in [-0.4, -0.2) is 53.3 Å². The highest BCUT2D eigenvalue weighted by molar-refractivity contribution is 6.29. The molecule has 1 fully saturated rings. The Labute approximate surface area is 123 Å². The topological polar surface area (TPSA) is 62.7 Å². The summed E-state index contributed by atoms with van der Waals surface area (Å²) < 4.78 is 5.65. The van der Waals surface area contributed by atoms with Crippen LogP contribution in [0.15, 0.2) is 18.3 Å². The lowest BCUT2D eigenvalue weighted by molar-refractivity contribution is 0.00397. The van der Waals surface area contributed by atoms with Gasteiger partial charge in [-0.3, -0.25) is 4.79 Å². The van der Waals surface area contributed by atoms with Gasteiger partial charge in [-0.05, 0) is 31.4 Å². The minimum absolute atomic E-state index is 0.0110. The van der Waals surface area contributed by atoms with Crippen molar-refractivity contribution in [1.82, 2.24) is 9.88 Å². The first kappa shape index (κ1) is 15.2. The Morgan fingerprint density at radius 1 is 1.50 bits per heavy atom. The maximum atomic E-state index is 12.3. The Morgan fingerprint density at radius 3 is 2.90 bits per heavy atom. The molecule has 2 rings (SSSR count). The van der Waals surface area contributed by atoms with Gasteiger partial charge in [-0.25, -0.2) is 4.98 Å². The Kier molecular flexibility index (Phi) is 5.76. The van der Waals surface area contributed by atoms with Gasteiger partial charge in [-0.15, -0.1) is 0 Å². The monoisotopic (exact) mass is 298 g/mol. The lowest BCUT2D eigenvalue weighted by Gasteiger charge is -2.32. The number of piperidine rings is 1. The zero-order valence-corrected chi connectivity index (χ0v) is 12.1. The van der Waals surface area contributed by atoms with Crippen molar-refractivity contribution in [2.24, 2.45) is 0 Å². The second-order valence-electron chi connectivity index (χ2n) is 4.81. The fraction of sp³-hybridized carbons (Fsp3) is 0.571. The number of aliphatic hydroxyl groups excluding tert-OH is 1. The first-order chi connectivity index (χ1) is 9.70. The molecule has 1 aromatic heterocycles. The number of hydrogen-bond donors (Lipinski definition) is 1. The maximum absolute atomic E-state index is 12.3. The molecule has 1 aliphatic rings. The molecule has 0 aromatic carbocycles. The lowest BCUT2D eigenvalue weighted by atomic mass is 10.1. The van der Waals surface area contributed by atoms with Gasteiger partial charge < -0.3 is 14.7 Å². The highest BCUT2D eigenvalue weighted by Gasteiger charge is 2.24. The Bertz CT molecular complexity index is 448. The zero-order chi connectivity index (χ0) is 14.4. The number of likely N-dealkylation sites (tertiary alicyclic amines) is 1. The Morgan fingerprint density at radius 2 is 2.25 bits per heavy atom. The molecule has 20 heavy (non-hydrogen) atoms. The van der Waals surface area contributed by atoms with E-state index in [1.807, 2.05) is 4.90 Å². The van der Waals surface area contributed by atoms with Gasteiger partial charge >= 0.3 is 0 Å². The molecular formula is C14H19ClN2O3. The highest BCUT2D eigenvalue weighted by atomic mass is 35.5. The fourth-order valence-electron chi connectivity index (χ4n) is 2.26. The molecule has 1 aliphatic heterocycles. The van der Waals surface area contributed by atoms with Crippen LogP contribution in [0.3, 0.4) is 0 Å². The van der Waals surface area contributed by atoms with Gasteiger partial charge in [0.05, 0.1) is 6.10 Å². The predicted octanol–water partition coefficient (Wildman–Crippen LogP) is 1.74. The standard InChI is InChI=1S/C14H19ClN2O3/c15-13-10-11(2-5-16-13)14(19)17-6-3-12(4-7-17)20-9-1-8-18/h2,5,10,12,18H,1,3-4,6-9H2. The first-order valence-electron chi connectivity index (χ1n) is 6.84. The molecule has 6 heteroatoms. The molecule has 1 aromatic rings. The van der Waals surface area contributed by atoms with Gasteiger partial charge in [0.25, 0.3) is 5.91 Å². The highest BCUT2D eigenvalue weighted by Crippen LogP contribution is 2.17. The van der Waals surface area contributed by atoms with Crippen molar-refractivity contribution in [1.29, 1.82) is 0 Å². The third-order valence-corrected chi connectivity index (χ3v) is 3.57. The van der Waals surface area contributed by atoms with Crippen LogP contribution in [0.4, 0.5) is 0 Å². The molecule has 0 aliphatic carbocycles. The second kappa shape index (κ2) is 7.57. The predicted molar refractivity (Wildman–Crippen MR) is 75.8 cm³/mol. The summed E-state index contributed by atoms with van der Waals surface area (Å²) in [5.41, 5.74) is 0.574. The second-order valence-corrected chi connectivity index (χ2v) is 5.19. The van der Waals surface area contributed by atoms with E-state index in [1.165, 1.54) is 0 Å². The molecule has 0 unspecified atom stereocenters. The van der Waals surface area contributed by atoms with E-state index < -0.39 is 0 Å². The third-order valence-electron chi connectivity index (χ3n) is 3.36. The maximum Gasteiger partial charge on any atom is 0.254 e. The molecule has 0 bridgehead atoms. The van der Waals surface area contributed by atoms with Crippen molar-refractivity contribution < 1.29 is 14.6 Å². The quantitative estimate of drug-likeness (QED) is 0.664. The van der Waals surface area contributed by atoms with Crippen molar-refractivity contribution in [3.05, 3.63) is 29.0 Å². The van der Waals surface area contributed by atoms with Gasteiger partial charge in [0.15, 0.2) is 0 Å². The van der Waals surface area contributed by atoms with E-state index in [-0.39, 0.29) is 18.6 Å². The SMILES string of the molecule is O=C(c1ccnc(Cl)c1)N1CCC(OCCCO)CC1. The summed E-state index contributed by atoms with van der Waals surface area (Å²) in [6, 6.07) is 3.27. The van der Waals surface area contributed by atoms with Crippen molar-refractivity contribution in [3.8, 4) is 0 Å². The first-order valence-corrected chi connectivity index (χ1v) is 7.22. The molecule has 1 saturated heterocycles. The third kappa shape index (κ3) is 4.16. The Hall–Kier alpha value is -1.17. The number of rotatable bonds is 5. The number of hydrogen-bond acceptors (Lipinski definition) is 4. The van der Waals surface area contributed by atoms with Crippen molar-refractivity contribution in [2.45, 2.75) is 25.4 Å². The molecule has 1 N–H and O–H groups in total. The normalized spacial score (nSPS) is 16.4. The van der Waals surface area contributed by atoms with Crippen LogP contribution in [0.1, 0.15) is 29.6 Å². The number of carbonyl (C=O) groups excluding carboxylic acids is 1. The van der Waals surface area contributed by atoms with Gasteiger partial charge in [-0.1, -0.05) is 11.6 Å². The number of halogens is 1. The number of carbonyl (C=O) groups is 1. The molecule has 0 radical (unpaired) electrons. The van der Waals surface area contributed by atoms with E-state index in [1.54, 1.807) is 18.3 Å². The lowest BCUT2D eigenvalue weighted by Crippen LogP contribution is -2.41. The van der Waals surface area contributed by atoms with E-state index in [2.05, 4.69) is 4.98 Å². The van der Waals surface area contributed by atoms with E-state index in [0.717, 1.165) is 12.8 Å². The average Bonchev–Trinajstić information content (AvgIpc) is 2.47. The number of pyridine rings is 1. The van der Waals surface area contributed by atoms with Crippen LogP contribution in [-0.2, 0) is 4.74 Å². The summed E-state index contributed by atoms with van der Waals surface area (Å²) >= 11 is 5.80. The molecule has 0 saturated carbocycles. The van der Waals surface area contributed by atoms with Crippen LogP contribution in [0.5, 0.6) is 0 Å². The molecule has 2 heterocycles. The molecule has 5 nitrogen and oxygen atoms in total. The van der Waals surface area contributed by atoms with E-state index in [0.29, 0.717) is 36.8 Å². The van der Waals surface area contributed by atoms with Crippen LogP contribution < -0.4 is 0 Å². The van der Waals surface area contributed by atoms with Gasteiger partial charge in [0.1, 0.15) is 5.15 Å². The number of aromatic nitrogens is 1. The number of amides is 1. The van der Waals surface area contributed by atoms with Crippen molar-refractivity contribution >= 4 is 17.5 Å². The summed E-state index contributed by atoms with van der Waals surface area (Å²) in [5.74, 6) is -0.0110. The number of aliphatic hydroxyl groups is 1. The van der Waals surface area contributed by atoms with Gasteiger partial charge in [0.2, 0.25) is 0 Å². The molecule has 1 amide bonds. The van der Waals surface area contributed by atoms with Crippen LogP contribution in [0.2, 0.25) is 5.15 Å². The number of nitrogens with zero attached hydrogens (tertiary/aromatic N) is 2. The summed E-state index contributed by atoms with van der Waals surface area (Å²) in [6.45, 7) is 2.10. The van der Waals surface area contributed by atoms with Crippen LogP contribution in [0, 0.1) is 0 Å². The number of ether oxygens (including phenoxy) is 1. The van der Waals surface area contributed by atoms with Gasteiger partial charge in [0, 0.05) is 38.1 Å². The molecular weight excluding hydrogens is 280 g/mol. The van der Waals surface area contributed by atoms with Crippen molar-refractivity contribution in [2.75, 3.05) is 26.3 Å². The molecule has 0 spiro atoms. The zero-order valence-electron chi connectivity index (χ0n) is 11.3. The van der Waals surface area contributed by atoms with Gasteiger partial charge in [-0.2, -0.15) is 0 Å².